The molecule has 0 unspecified atom stereocenters. The molecule has 3 heterocycles. The van der Waals surface area contributed by atoms with E-state index in [9.17, 15) is 8.42 Å². The van der Waals surface area contributed by atoms with E-state index in [0.717, 1.165) is 19.4 Å². The normalized spacial score (nSPS) is 17.9. The maximum atomic E-state index is 12.7. The SMILES string of the molecule is CC(C)n1cnc(S(=O)(=O)N2CCC(Cn3cccn3)CC2)c1. The van der Waals surface area contributed by atoms with Gasteiger partial charge in [-0.05, 0) is 38.7 Å². The van der Waals surface area contributed by atoms with E-state index in [0.29, 0.717) is 19.0 Å². The molecule has 0 aliphatic carbocycles. The van der Waals surface area contributed by atoms with Gasteiger partial charge in [-0.1, -0.05) is 0 Å². The number of nitrogens with zero attached hydrogens (tertiary/aromatic N) is 5. The fourth-order valence-electron chi connectivity index (χ4n) is 2.87. The van der Waals surface area contributed by atoms with Gasteiger partial charge in [0.1, 0.15) is 0 Å². The largest absolute Gasteiger partial charge is 0.334 e. The highest BCUT2D eigenvalue weighted by Crippen LogP contribution is 2.24. The van der Waals surface area contributed by atoms with E-state index >= 15 is 0 Å². The van der Waals surface area contributed by atoms with Crippen LogP contribution in [0.3, 0.4) is 0 Å². The predicted octanol–water partition coefficient (Wildman–Crippen LogP) is 1.76. The highest BCUT2D eigenvalue weighted by Gasteiger charge is 2.31. The third-order valence-corrected chi connectivity index (χ3v) is 6.14. The van der Waals surface area contributed by atoms with Crippen LogP contribution in [-0.2, 0) is 16.6 Å². The molecule has 7 nitrogen and oxygen atoms in total. The van der Waals surface area contributed by atoms with Crippen molar-refractivity contribution in [1.82, 2.24) is 23.6 Å². The van der Waals surface area contributed by atoms with Crippen LogP contribution in [0.1, 0.15) is 32.7 Å². The lowest BCUT2D eigenvalue weighted by molar-refractivity contribution is 0.247. The monoisotopic (exact) mass is 337 g/mol. The van der Waals surface area contributed by atoms with Crippen molar-refractivity contribution in [2.75, 3.05) is 13.1 Å². The number of rotatable bonds is 5. The van der Waals surface area contributed by atoms with Crippen LogP contribution in [0.25, 0.3) is 0 Å². The van der Waals surface area contributed by atoms with Gasteiger partial charge in [0.05, 0.1) is 6.33 Å². The van der Waals surface area contributed by atoms with Gasteiger partial charge in [-0.3, -0.25) is 4.68 Å². The minimum atomic E-state index is -3.48. The lowest BCUT2D eigenvalue weighted by atomic mass is 9.98. The second-order valence-corrected chi connectivity index (χ2v) is 8.21. The number of hydrogen-bond donors (Lipinski definition) is 0. The van der Waals surface area contributed by atoms with Crippen molar-refractivity contribution in [3.8, 4) is 0 Å². The van der Waals surface area contributed by atoms with Crippen molar-refractivity contribution in [3.63, 3.8) is 0 Å². The highest BCUT2D eigenvalue weighted by atomic mass is 32.2. The Labute approximate surface area is 137 Å². The van der Waals surface area contributed by atoms with Crippen LogP contribution in [0.2, 0.25) is 0 Å². The first-order valence-corrected chi connectivity index (χ1v) is 9.42. The molecule has 0 spiro atoms. The second kappa shape index (κ2) is 6.45. The van der Waals surface area contributed by atoms with Gasteiger partial charge in [0, 0.05) is 44.3 Å². The van der Waals surface area contributed by atoms with E-state index < -0.39 is 10.0 Å². The highest BCUT2D eigenvalue weighted by molar-refractivity contribution is 7.89. The molecule has 0 aromatic carbocycles. The quantitative estimate of drug-likeness (QED) is 0.833. The molecule has 8 heteroatoms. The fourth-order valence-corrected chi connectivity index (χ4v) is 4.26. The number of sulfonamides is 1. The summed E-state index contributed by atoms with van der Waals surface area (Å²) >= 11 is 0. The molecule has 1 saturated heterocycles. The molecule has 2 aromatic rings. The zero-order valence-electron chi connectivity index (χ0n) is 13.5. The molecular formula is C15H23N5O2S. The van der Waals surface area contributed by atoms with Crippen molar-refractivity contribution in [2.45, 2.75) is 44.3 Å². The molecule has 2 aromatic heterocycles. The molecule has 0 bridgehead atoms. The minimum Gasteiger partial charge on any atom is -0.334 e. The van der Waals surface area contributed by atoms with Crippen molar-refractivity contribution in [3.05, 3.63) is 31.0 Å². The minimum absolute atomic E-state index is 0.150. The summed E-state index contributed by atoms with van der Waals surface area (Å²) in [5.74, 6) is 0.467. The Bertz CT molecular complexity index is 728. The van der Waals surface area contributed by atoms with Gasteiger partial charge in [-0.15, -0.1) is 0 Å². The van der Waals surface area contributed by atoms with Gasteiger partial charge in [0.2, 0.25) is 0 Å². The van der Waals surface area contributed by atoms with Crippen LogP contribution < -0.4 is 0 Å². The zero-order chi connectivity index (χ0) is 16.4. The summed E-state index contributed by atoms with van der Waals surface area (Å²) in [7, 11) is -3.48. The summed E-state index contributed by atoms with van der Waals surface area (Å²) in [4.78, 5) is 4.08. The van der Waals surface area contributed by atoms with Gasteiger partial charge in [-0.25, -0.2) is 13.4 Å². The molecule has 0 atom stereocenters. The zero-order valence-corrected chi connectivity index (χ0v) is 14.4. The van der Waals surface area contributed by atoms with Crippen LogP contribution in [0.4, 0.5) is 0 Å². The Balaban J connectivity index is 1.63. The summed E-state index contributed by atoms with van der Waals surface area (Å²) in [6.07, 6.45) is 8.62. The van der Waals surface area contributed by atoms with E-state index in [4.69, 9.17) is 0 Å². The maximum Gasteiger partial charge on any atom is 0.262 e. The number of hydrogen-bond acceptors (Lipinski definition) is 4. The molecule has 1 aliphatic heterocycles. The lowest BCUT2D eigenvalue weighted by Gasteiger charge is -2.30. The molecule has 1 aliphatic rings. The third-order valence-electron chi connectivity index (χ3n) is 4.36. The first kappa shape index (κ1) is 16.2. The van der Waals surface area contributed by atoms with Crippen LogP contribution in [-0.4, -0.2) is 45.1 Å². The maximum absolute atomic E-state index is 12.7. The topological polar surface area (TPSA) is 73.0 Å². The molecule has 3 rings (SSSR count). The number of imidazole rings is 1. The Morgan fingerprint density at radius 2 is 2.04 bits per heavy atom. The van der Waals surface area contributed by atoms with Crippen LogP contribution in [0.15, 0.2) is 36.0 Å². The molecule has 1 fully saturated rings. The van der Waals surface area contributed by atoms with Crippen LogP contribution in [0.5, 0.6) is 0 Å². The predicted molar refractivity (Wildman–Crippen MR) is 86.3 cm³/mol. The van der Waals surface area contributed by atoms with E-state index in [1.54, 1.807) is 23.0 Å². The Morgan fingerprint density at radius 1 is 1.30 bits per heavy atom. The van der Waals surface area contributed by atoms with Crippen LogP contribution >= 0.6 is 0 Å². The summed E-state index contributed by atoms with van der Waals surface area (Å²) in [6, 6.07) is 2.11. The van der Waals surface area contributed by atoms with Gasteiger partial charge in [0.25, 0.3) is 10.0 Å². The van der Waals surface area contributed by atoms with Crippen molar-refractivity contribution in [2.24, 2.45) is 5.92 Å². The average molecular weight is 337 g/mol. The van der Waals surface area contributed by atoms with Gasteiger partial charge < -0.3 is 4.57 Å². The first-order chi connectivity index (χ1) is 11.0. The van der Waals surface area contributed by atoms with Crippen molar-refractivity contribution < 1.29 is 8.42 Å². The van der Waals surface area contributed by atoms with E-state index in [1.165, 1.54) is 0 Å². The van der Waals surface area contributed by atoms with Crippen LogP contribution in [0, 0.1) is 5.92 Å². The molecule has 23 heavy (non-hydrogen) atoms. The fraction of sp³-hybridized carbons (Fsp3) is 0.600. The summed E-state index contributed by atoms with van der Waals surface area (Å²) in [5.41, 5.74) is 0. The third kappa shape index (κ3) is 3.48. The van der Waals surface area contributed by atoms with Crippen molar-refractivity contribution >= 4 is 10.0 Å². The first-order valence-electron chi connectivity index (χ1n) is 7.98. The van der Waals surface area contributed by atoms with Crippen molar-refractivity contribution in [1.29, 1.82) is 0 Å². The second-order valence-electron chi connectivity index (χ2n) is 6.33. The molecule has 0 saturated carbocycles. The molecule has 0 amide bonds. The van der Waals surface area contributed by atoms with Gasteiger partial charge >= 0.3 is 0 Å². The Morgan fingerprint density at radius 3 is 2.61 bits per heavy atom. The van der Waals surface area contributed by atoms with E-state index in [-0.39, 0.29) is 11.1 Å². The Hall–Kier alpha value is -1.67. The molecule has 0 radical (unpaired) electrons. The molecular weight excluding hydrogens is 314 g/mol. The smallest absolute Gasteiger partial charge is 0.262 e. The van der Waals surface area contributed by atoms with Gasteiger partial charge in [0.15, 0.2) is 5.03 Å². The molecule has 0 N–H and O–H groups in total. The summed E-state index contributed by atoms with van der Waals surface area (Å²) in [5, 5.41) is 4.37. The summed E-state index contributed by atoms with van der Waals surface area (Å²) < 4.78 is 30.6. The number of aromatic nitrogens is 4. The lowest BCUT2D eigenvalue weighted by Crippen LogP contribution is -2.39. The summed E-state index contributed by atoms with van der Waals surface area (Å²) in [6.45, 7) is 5.94. The number of piperidine rings is 1. The van der Waals surface area contributed by atoms with E-state index in [1.807, 2.05) is 35.4 Å². The Kier molecular flexibility index (Phi) is 4.54. The van der Waals surface area contributed by atoms with Gasteiger partial charge in [-0.2, -0.15) is 9.40 Å². The van der Waals surface area contributed by atoms with E-state index in [2.05, 4.69) is 10.1 Å². The molecule has 126 valence electrons. The standard InChI is InChI=1S/C15H23N5O2S/c1-13(2)18-11-15(16-12-18)23(21,22)20-8-4-14(5-9-20)10-19-7-3-6-17-19/h3,6-7,11-14H,4-5,8-10H2,1-2H3. The average Bonchev–Trinajstić information content (AvgIpc) is 3.19.